The van der Waals surface area contributed by atoms with Crippen LogP contribution < -0.4 is 10.0 Å². The van der Waals surface area contributed by atoms with E-state index in [9.17, 15) is 18.3 Å². The van der Waals surface area contributed by atoms with Gasteiger partial charge in [-0.1, -0.05) is 18.6 Å². The first-order valence-corrected chi connectivity index (χ1v) is 9.74. The van der Waals surface area contributed by atoms with Gasteiger partial charge < -0.3 is 10.4 Å². The highest BCUT2D eigenvalue weighted by Crippen LogP contribution is 2.25. The maximum Gasteiger partial charge on any atom is 0.220 e. The molecule has 1 aromatic rings. The lowest BCUT2D eigenvalue weighted by Gasteiger charge is -2.20. The molecule has 0 spiro atoms. The zero-order valence-corrected chi connectivity index (χ0v) is 14.1. The van der Waals surface area contributed by atoms with Crippen molar-refractivity contribution >= 4 is 15.9 Å². The molecule has 1 amide bonds. The quantitative estimate of drug-likeness (QED) is 0.694. The van der Waals surface area contributed by atoms with Crippen LogP contribution in [0.2, 0.25) is 0 Å². The molecule has 2 rings (SSSR count). The van der Waals surface area contributed by atoms with Crippen LogP contribution in [-0.2, 0) is 21.2 Å². The molecule has 2 unspecified atom stereocenters. The molecule has 0 aromatic heterocycles. The van der Waals surface area contributed by atoms with E-state index >= 15 is 0 Å². The summed E-state index contributed by atoms with van der Waals surface area (Å²) in [6.45, 7) is 0.502. The Bertz CT molecular complexity index is 628. The van der Waals surface area contributed by atoms with Crippen LogP contribution in [0, 0.1) is 5.92 Å². The van der Waals surface area contributed by atoms with E-state index in [1.165, 1.54) is 6.26 Å². The van der Waals surface area contributed by atoms with Crippen LogP contribution in [0.3, 0.4) is 0 Å². The minimum atomic E-state index is -3.21. The fraction of sp³-hybridized carbons (Fsp3) is 0.562. The van der Waals surface area contributed by atoms with Crippen molar-refractivity contribution in [2.75, 3.05) is 12.8 Å². The van der Waals surface area contributed by atoms with Crippen LogP contribution in [0.1, 0.15) is 31.2 Å². The van der Waals surface area contributed by atoms with Crippen molar-refractivity contribution < 1.29 is 18.3 Å². The van der Waals surface area contributed by atoms with Crippen LogP contribution in [0.4, 0.5) is 0 Å². The van der Waals surface area contributed by atoms with Gasteiger partial charge >= 0.3 is 0 Å². The minimum Gasteiger partial charge on any atom is -0.508 e. The molecule has 1 aliphatic carbocycles. The van der Waals surface area contributed by atoms with Gasteiger partial charge in [0.15, 0.2) is 0 Å². The Morgan fingerprint density at radius 2 is 1.96 bits per heavy atom. The van der Waals surface area contributed by atoms with Gasteiger partial charge in [-0.25, -0.2) is 13.1 Å². The third kappa shape index (κ3) is 6.19. The van der Waals surface area contributed by atoms with Gasteiger partial charge in [-0.2, -0.15) is 0 Å². The largest absolute Gasteiger partial charge is 0.508 e. The Hall–Kier alpha value is -1.60. The predicted octanol–water partition coefficient (Wildman–Crippen LogP) is 1.16. The number of benzene rings is 1. The molecule has 7 heteroatoms. The van der Waals surface area contributed by atoms with Crippen molar-refractivity contribution in [3.63, 3.8) is 0 Å². The van der Waals surface area contributed by atoms with E-state index in [4.69, 9.17) is 0 Å². The highest BCUT2D eigenvalue weighted by molar-refractivity contribution is 7.88. The molecule has 1 aromatic carbocycles. The maximum atomic E-state index is 11.9. The number of amides is 1. The number of aryl methyl sites for hydroxylation is 1. The molecule has 3 N–H and O–H groups in total. The summed E-state index contributed by atoms with van der Waals surface area (Å²) in [6, 6.07) is 6.72. The zero-order valence-electron chi connectivity index (χ0n) is 13.3. The van der Waals surface area contributed by atoms with E-state index in [2.05, 4.69) is 10.0 Å². The molecule has 0 bridgehead atoms. The lowest BCUT2D eigenvalue weighted by molar-refractivity contribution is -0.121. The topological polar surface area (TPSA) is 95.5 Å². The summed E-state index contributed by atoms with van der Waals surface area (Å²) in [5.74, 6) is 0.328. The van der Waals surface area contributed by atoms with Gasteiger partial charge in [0.25, 0.3) is 0 Å². The van der Waals surface area contributed by atoms with Crippen LogP contribution >= 0.6 is 0 Å². The smallest absolute Gasteiger partial charge is 0.220 e. The molecule has 128 valence electrons. The Morgan fingerprint density at radius 1 is 1.26 bits per heavy atom. The number of carbonyl (C=O) groups is 1. The predicted molar refractivity (Wildman–Crippen MR) is 88.5 cm³/mol. The van der Waals surface area contributed by atoms with Crippen molar-refractivity contribution in [3.05, 3.63) is 29.8 Å². The maximum absolute atomic E-state index is 11.9. The van der Waals surface area contributed by atoms with Crippen LogP contribution in [0.15, 0.2) is 24.3 Å². The monoisotopic (exact) mass is 340 g/mol. The van der Waals surface area contributed by atoms with Gasteiger partial charge in [-0.05, 0) is 42.9 Å². The first-order chi connectivity index (χ1) is 10.8. The molecule has 0 saturated heterocycles. The van der Waals surface area contributed by atoms with E-state index in [-0.39, 0.29) is 23.6 Å². The van der Waals surface area contributed by atoms with Gasteiger partial charge in [-0.15, -0.1) is 0 Å². The van der Waals surface area contributed by atoms with Crippen LogP contribution in [-0.4, -0.2) is 38.3 Å². The lowest BCUT2D eigenvalue weighted by atomic mass is 10.0. The van der Waals surface area contributed by atoms with Crippen molar-refractivity contribution in [2.45, 2.75) is 38.1 Å². The molecule has 0 radical (unpaired) electrons. The van der Waals surface area contributed by atoms with Crippen molar-refractivity contribution in [1.82, 2.24) is 10.0 Å². The number of hydrogen-bond acceptors (Lipinski definition) is 4. The van der Waals surface area contributed by atoms with E-state index in [0.717, 1.165) is 24.8 Å². The summed E-state index contributed by atoms with van der Waals surface area (Å²) in [4.78, 5) is 11.9. The van der Waals surface area contributed by atoms with E-state index in [1.807, 2.05) is 0 Å². The van der Waals surface area contributed by atoms with E-state index in [0.29, 0.717) is 19.4 Å². The third-order valence-corrected chi connectivity index (χ3v) is 4.89. The van der Waals surface area contributed by atoms with Gasteiger partial charge in [0.2, 0.25) is 15.9 Å². The first kappa shape index (κ1) is 17.7. The first-order valence-electron chi connectivity index (χ1n) is 7.85. The van der Waals surface area contributed by atoms with Crippen molar-refractivity contribution in [2.24, 2.45) is 5.92 Å². The number of phenolic OH excluding ortho intramolecular Hbond substituents is 1. The molecule has 23 heavy (non-hydrogen) atoms. The molecule has 1 aliphatic rings. The van der Waals surface area contributed by atoms with Gasteiger partial charge in [0.05, 0.1) is 6.26 Å². The van der Waals surface area contributed by atoms with Crippen LogP contribution in [0.25, 0.3) is 0 Å². The number of sulfonamides is 1. The van der Waals surface area contributed by atoms with Crippen molar-refractivity contribution in [3.8, 4) is 5.75 Å². The van der Waals surface area contributed by atoms with E-state index in [1.54, 1.807) is 24.3 Å². The second-order valence-corrected chi connectivity index (χ2v) is 7.94. The van der Waals surface area contributed by atoms with Gasteiger partial charge in [0.1, 0.15) is 5.75 Å². The fourth-order valence-corrected chi connectivity index (χ4v) is 3.83. The van der Waals surface area contributed by atoms with Crippen LogP contribution in [0.5, 0.6) is 5.75 Å². The molecule has 1 saturated carbocycles. The second kappa shape index (κ2) is 7.79. The molecule has 1 fully saturated rings. The Labute approximate surface area is 137 Å². The van der Waals surface area contributed by atoms with Crippen molar-refractivity contribution in [1.29, 1.82) is 0 Å². The number of aromatic hydroxyl groups is 1. The normalized spacial score (nSPS) is 21.3. The molecule has 2 atom stereocenters. The Morgan fingerprint density at radius 3 is 2.61 bits per heavy atom. The molecule has 6 nitrogen and oxygen atoms in total. The number of carbonyl (C=O) groups excluding carboxylic acids is 1. The highest BCUT2D eigenvalue weighted by atomic mass is 32.2. The number of hydrogen-bond donors (Lipinski definition) is 3. The summed E-state index contributed by atoms with van der Waals surface area (Å²) in [5, 5.41) is 12.1. The summed E-state index contributed by atoms with van der Waals surface area (Å²) in [6.07, 6.45) is 4.87. The molecular weight excluding hydrogens is 316 g/mol. The number of nitrogens with one attached hydrogen (secondary N) is 2. The standard InChI is InChI=1S/C16H24N2O4S/c1-23(21,22)18-15-4-2-3-13(15)11-17-16(20)10-7-12-5-8-14(19)9-6-12/h5-6,8-9,13,15,18-19H,2-4,7,10-11H2,1H3,(H,17,20). The van der Waals surface area contributed by atoms with Gasteiger partial charge in [0, 0.05) is 19.0 Å². The average Bonchev–Trinajstić information content (AvgIpc) is 2.89. The van der Waals surface area contributed by atoms with Gasteiger partial charge in [-0.3, -0.25) is 4.79 Å². The average molecular weight is 340 g/mol. The van der Waals surface area contributed by atoms with E-state index < -0.39 is 10.0 Å². The Kier molecular flexibility index (Phi) is 6.01. The minimum absolute atomic E-state index is 0.0388. The summed E-state index contributed by atoms with van der Waals surface area (Å²) < 4.78 is 25.3. The second-order valence-electron chi connectivity index (χ2n) is 6.16. The summed E-state index contributed by atoms with van der Waals surface area (Å²) in [5.41, 5.74) is 0.996. The number of rotatable bonds is 7. The molecular formula is C16H24N2O4S. The third-order valence-electron chi connectivity index (χ3n) is 4.16. The fourth-order valence-electron chi connectivity index (χ4n) is 2.97. The summed E-state index contributed by atoms with van der Waals surface area (Å²) in [7, 11) is -3.21. The molecule has 0 aliphatic heterocycles. The summed E-state index contributed by atoms with van der Waals surface area (Å²) >= 11 is 0. The number of phenols is 1. The Balaban J connectivity index is 1.74. The highest BCUT2D eigenvalue weighted by Gasteiger charge is 2.29. The SMILES string of the molecule is CS(=O)(=O)NC1CCCC1CNC(=O)CCc1ccc(O)cc1. The molecule has 0 heterocycles. The zero-order chi connectivity index (χ0) is 16.9. The lowest BCUT2D eigenvalue weighted by Crippen LogP contribution is -2.41.